The van der Waals surface area contributed by atoms with Gasteiger partial charge < -0.3 is 14.2 Å². The van der Waals surface area contributed by atoms with E-state index in [-0.39, 0.29) is 31.1 Å². The van der Waals surface area contributed by atoms with Gasteiger partial charge >= 0.3 is 17.9 Å². The van der Waals surface area contributed by atoms with Crippen molar-refractivity contribution in [1.29, 1.82) is 0 Å². The van der Waals surface area contributed by atoms with Gasteiger partial charge in [-0.1, -0.05) is 387 Å². The minimum absolute atomic E-state index is 0.0601. The third kappa shape index (κ3) is 65.2. The van der Waals surface area contributed by atoms with Crippen LogP contribution in [-0.4, -0.2) is 37.2 Å². The van der Waals surface area contributed by atoms with Gasteiger partial charge in [0.25, 0.3) is 0 Å². The van der Waals surface area contributed by atoms with E-state index in [0.29, 0.717) is 19.3 Å². The van der Waals surface area contributed by atoms with E-state index in [1.807, 2.05) is 0 Å². The number of rotatable bonds is 68. The lowest BCUT2D eigenvalue weighted by atomic mass is 10.0. The molecule has 0 heterocycles. The SMILES string of the molecule is CCCCCCCCCCCCCCCCCCCCCCCCCCCCCCC(=O)OCC(COC(=O)CCCCCCCCCCCCCCCC)OC(=O)CCCCCCCCCCCCCCCCCCCC. The molecule has 6 heteroatoms. The maximum Gasteiger partial charge on any atom is 0.306 e. The Labute approximate surface area is 488 Å². The van der Waals surface area contributed by atoms with E-state index in [1.165, 1.54) is 327 Å². The lowest BCUT2D eigenvalue weighted by molar-refractivity contribution is -0.167. The van der Waals surface area contributed by atoms with Crippen LogP contribution in [0.2, 0.25) is 0 Å². The van der Waals surface area contributed by atoms with Crippen molar-refractivity contribution < 1.29 is 28.6 Å². The fourth-order valence-electron chi connectivity index (χ4n) is 11.5. The number of hydrogen-bond acceptors (Lipinski definition) is 6. The predicted molar refractivity (Wildman–Crippen MR) is 340 cm³/mol. The van der Waals surface area contributed by atoms with Gasteiger partial charge in [0.1, 0.15) is 13.2 Å². The summed E-state index contributed by atoms with van der Waals surface area (Å²) in [5.74, 6) is -0.819. The summed E-state index contributed by atoms with van der Waals surface area (Å²) in [6, 6.07) is 0. The quantitative estimate of drug-likeness (QED) is 0.0343. The molecule has 78 heavy (non-hydrogen) atoms. The molecule has 0 aromatic heterocycles. The predicted octanol–water partition coefficient (Wildman–Crippen LogP) is 24.6. The Morgan fingerprint density at radius 3 is 0.513 bits per heavy atom. The van der Waals surface area contributed by atoms with Gasteiger partial charge in [-0.15, -0.1) is 0 Å². The van der Waals surface area contributed by atoms with Gasteiger partial charge in [0.2, 0.25) is 0 Å². The van der Waals surface area contributed by atoms with Gasteiger partial charge in [-0.25, -0.2) is 0 Å². The van der Waals surface area contributed by atoms with Crippen LogP contribution < -0.4 is 0 Å². The van der Waals surface area contributed by atoms with Crippen LogP contribution in [-0.2, 0) is 28.6 Å². The highest BCUT2D eigenvalue weighted by molar-refractivity contribution is 5.71. The average molecular weight is 1100 g/mol. The van der Waals surface area contributed by atoms with E-state index in [9.17, 15) is 14.4 Å². The highest BCUT2D eigenvalue weighted by Gasteiger charge is 2.20. The third-order valence-electron chi connectivity index (χ3n) is 16.9. The minimum Gasteiger partial charge on any atom is -0.462 e. The number of carbonyl (C=O) groups is 3. The van der Waals surface area contributed by atoms with Crippen LogP contribution in [0.4, 0.5) is 0 Å². The molecule has 0 saturated heterocycles. The number of hydrogen-bond donors (Lipinski definition) is 0. The van der Waals surface area contributed by atoms with Crippen LogP contribution >= 0.6 is 0 Å². The first kappa shape index (κ1) is 76.4. The van der Waals surface area contributed by atoms with Crippen molar-refractivity contribution >= 4 is 17.9 Å². The zero-order valence-electron chi connectivity index (χ0n) is 53.5. The van der Waals surface area contributed by atoms with Crippen LogP contribution in [0.25, 0.3) is 0 Å². The molecule has 464 valence electrons. The second kappa shape index (κ2) is 67.9. The maximum atomic E-state index is 12.9. The summed E-state index contributed by atoms with van der Waals surface area (Å²) in [4.78, 5) is 38.4. The van der Waals surface area contributed by atoms with Gasteiger partial charge in [-0.2, -0.15) is 0 Å². The second-order valence-corrected chi connectivity index (χ2v) is 24.9. The van der Waals surface area contributed by atoms with E-state index in [0.717, 1.165) is 57.8 Å². The number of unbranched alkanes of at least 4 members (excludes halogenated alkanes) is 57. The summed E-state index contributed by atoms with van der Waals surface area (Å²) in [6.45, 7) is 6.74. The lowest BCUT2D eigenvalue weighted by Crippen LogP contribution is -2.30. The van der Waals surface area contributed by atoms with Crippen molar-refractivity contribution in [2.75, 3.05) is 13.2 Å². The van der Waals surface area contributed by atoms with Gasteiger partial charge in [-0.3, -0.25) is 14.4 Å². The van der Waals surface area contributed by atoms with Crippen molar-refractivity contribution in [2.24, 2.45) is 0 Å². The summed E-state index contributed by atoms with van der Waals surface area (Å²) in [5.41, 5.74) is 0. The molecule has 0 aliphatic rings. The lowest BCUT2D eigenvalue weighted by Gasteiger charge is -2.18. The molecule has 0 aliphatic carbocycles. The van der Waals surface area contributed by atoms with Crippen LogP contribution in [0.1, 0.15) is 425 Å². The van der Waals surface area contributed by atoms with Gasteiger partial charge in [-0.05, 0) is 19.3 Å². The third-order valence-corrected chi connectivity index (χ3v) is 16.9. The van der Waals surface area contributed by atoms with E-state index in [1.54, 1.807) is 0 Å². The molecule has 0 fully saturated rings. The van der Waals surface area contributed by atoms with E-state index in [2.05, 4.69) is 20.8 Å². The Hall–Kier alpha value is -1.59. The van der Waals surface area contributed by atoms with Crippen molar-refractivity contribution in [3.05, 3.63) is 0 Å². The normalized spacial score (nSPS) is 11.9. The van der Waals surface area contributed by atoms with Gasteiger partial charge in [0.15, 0.2) is 6.10 Å². The van der Waals surface area contributed by atoms with Crippen molar-refractivity contribution in [3.63, 3.8) is 0 Å². The zero-order valence-corrected chi connectivity index (χ0v) is 53.5. The average Bonchev–Trinajstić information content (AvgIpc) is 3.44. The molecule has 0 radical (unpaired) electrons. The van der Waals surface area contributed by atoms with Crippen molar-refractivity contribution in [3.8, 4) is 0 Å². The smallest absolute Gasteiger partial charge is 0.306 e. The monoisotopic (exact) mass is 1100 g/mol. The van der Waals surface area contributed by atoms with E-state index < -0.39 is 6.10 Å². The minimum atomic E-state index is -0.763. The Morgan fingerprint density at radius 2 is 0.346 bits per heavy atom. The molecule has 0 spiro atoms. The Bertz CT molecular complexity index is 1170. The fourth-order valence-corrected chi connectivity index (χ4v) is 11.5. The Balaban J connectivity index is 4.15. The maximum absolute atomic E-state index is 12.9. The number of esters is 3. The summed E-state index contributed by atoms with van der Waals surface area (Å²) in [6.07, 6.45) is 80.0. The van der Waals surface area contributed by atoms with Crippen LogP contribution in [0.3, 0.4) is 0 Å². The van der Waals surface area contributed by atoms with Gasteiger partial charge in [0, 0.05) is 19.3 Å². The molecule has 1 unspecified atom stereocenters. The summed E-state index contributed by atoms with van der Waals surface area (Å²) in [5, 5.41) is 0. The van der Waals surface area contributed by atoms with E-state index in [4.69, 9.17) is 14.2 Å². The first-order chi connectivity index (χ1) is 38.5. The summed E-state index contributed by atoms with van der Waals surface area (Å²) >= 11 is 0. The highest BCUT2D eigenvalue weighted by Crippen LogP contribution is 2.20. The molecule has 6 nitrogen and oxygen atoms in total. The summed E-state index contributed by atoms with van der Waals surface area (Å²) < 4.78 is 17.0. The highest BCUT2D eigenvalue weighted by atomic mass is 16.6. The Kier molecular flexibility index (Phi) is 66.5. The molecule has 0 saturated carbocycles. The molecular formula is C72H140O6. The first-order valence-corrected chi connectivity index (χ1v) is 36.0. The van der Waals surface area contributed by atoms with Crippen molar-refractivity contribution in [2.45, 2.75) is 431 Å². The number of ether oxygens (including phenoxy) is 3. The Morgan fingerprint density at radius 1 is 0.205 bits per heavy atom. The molecule has 0 aromatic carbocycles. The first-order valence-electron chi connectivity index (χ1n) is 36.0. The van der Waals surface area contributed by atoms with Crippen LogP contribution in [0.15, 0.2) is 0 Å². The topological polar surface area (TPSA) is 78.9 Å². The summed E-state index contributed by atoms with van der Waals surface area (Å²) in [7, 11) is 0. The second-order valence-electron chi connectivity index (χ2n) is 24.9. The zero-order chi connectivity index (χ0) is 56.4. The molecule has 0 aliphatic heterocycles. The molecule has 0 aromatic rings. The fraction of sp³-hybridized carbons (Fsp3) is 0.958. The van der Waals surface area contributed by atoms with E-state index >= 15 is 0 Å². The standard InChI is InChI=1S/C72H140O6/c1-4-7-10-13-16-19-22-25-28-30-32-33-34-35-36-37-38-39-40-41-43-44-47-50-53-56-59-62-65-71(74)77-68-69(67-76-70(73)64-61-58-55-52-49-46-27-24-21-18-15-12-9-6-3)78-72(75)66-63-60-57-54-51-48-45-42-31-29-26-23-20-17-14-11-8-5-2/h69H,4-68H2,1-3H3. The molecule has 0 rings (SSSR count). The molecular weight excluding hydrogens is 961 g/mol. The van der Waals surface area contributed by atoms with Crippen LogP contribution in [0.5, 0.6) is 0 Å². The van der Waals surface area contributed by atoms with Gasteiger partial charge in [0.05, 0.1) is 0 Å². The van der Waals surface area contributed by atoms with Crippen LogP contribution in [0, 0.1) is 0 Å². The molecule has 0 amide bonds. The number of carbonyl (C=O) groups excluding carboxylic acids is 3. The molecule has 0 bridgehead atoms. The molecule has 0 N–H and O–H groups in total. The largest absolute Gasteiger partial charge is 0.462 e. The molecule has 1 atom stereocenters. The van der Waals surface area contributed by atoms with Crippen molar-refractivity contribution in [1.82, 2.24) is 0 Å².